The zero-order valence-electron chi connectivity index (χ0n) is 81.3. The Morgan fingerprint density at radius 3 is 0.340 bits per heavy atom. The summed E-state index contributed by atoms with van der Waals surface area (Å²) in [6.45, 7) is 0. The number of para-hydroxylation sites is 14. The largest absolute Gasteiger partial charge is 0.309 e. The third kappa shape index (κ3) is 15.3. The third-order valence-electron chi connectivity index (χ3n) is 31.1. The number of benzene rings is 22. The number of hydrogen-bond donors (Lipinski definition) is 0. The maximum atomic E-state index is 2.43. The Kier molecular flexibility index (Phi) is 21.2. The van der Waals surface area contributed by atoms with Crippen LogP contribution in [-0.2, 0) is 44.9 Å². The molecule has 696 valence electrons. The quantitative estimate of drug-likeness (QED) is 0.0687. The molecule has 0 fully saturated rings. The van der Waals surface area contributed by atoms with Crippen LogP contribution < -0.4 is 0 Å². The summed E-state index contributed by atoms with van der Waals surface area (Å²) >= 11 is 0. The van der Waals surface area contributed by atoms with E-state index in [-0.39, 0.29) is 5.41 Å². The molecule has 0 unspecified atom stereocenters. The molecule has 29 rings (SSSR count). The van der Waals surface area contributed by atoms with Gasteiger partial charge in [0.05, 0.1) is 77.2 Å². The Morgan fingerprint density at radius 2 is 0.218 bits per heavy atom. The molecule has 0 amide bonds. The van der Waals surface area contributed by atoms with Crippen LogP contribution in [-0.4, -0.2) is 32.0 Å². The Labute approximate surface area is 852 Å². The molecule has 0 N–H and O–H groups in total. The summed E-state index contributed by atoms with van der Waals surface area (Å²) in [7, 11) is 0. The highest BCUT2D eigenvalue weighted by Gasteiger charge is 2.34. The Bertz CT molecular complexity index is 8680. The van der Waals surface area contributed by atoms with E-state index < -0.39 is 0 Å². The molecule has 22 aromatic carbocycles. The van der Waals surface area contributed by atoms with Gasteiger partial charge in [-0.1, -0.05) is 358 Å². The Balaban J connectivity index is 0.000000145. The predicted molar refractivity (Wildman–Crippen MR) is 618 cm³/mol. The van der Waals surface area contributed by atoms with Crippen LogP contribution in [0.2, 0.25) is 0 Å². The van der Waals surface area contributed by atoms with Crippen molar-refractivity contribution in [1.82, 2.24) is 32.0 Å². The van der Waals surface area contributed by atoms with Gasteiger partial charge in [0.15, 0.2) is 0 Å². The van der Waals surface area contributed by atoms with Crippen molar-refractivity contribution in [3.05, 3.63) is 583 Å². The van der Waals surface area contributed by atoms with Crippen LogP contribution in [0.4, 0.5) is 0 Å². The second kappa shape index (κ2) is 36.1. The van der Waals surface area contributed by atoms with Gasteiger partial charge in [-0.3, -0.25) is 0 Å². The average molecular weight is 1880 g/mol. The zero-order valence-corrected chi connectivity index (χ0v) is 81.3. The highest BCUT2D eigenvalue weighted by Crippen LogP contribution is 2.45. The lowest BCUT2D eigenvalue weighted by Crippen LogP contribution is -2.32. The topological polar surface area (TPSA) is 34.5 Å². The summed E-state index contributed by atoms with van der Waals surface area (Å²) < 4.78 is 16.9. The van der Waals surface area contributed by atoms with Gasteiger partial charge in [-0.05, 0) is 276 Å². The van der Waals surface area contributed by atoms with Crippen LogP contribution in [0.25, 0.3) is 192 Å². The highest BCUT2D eigenvalue weighted by atomic mass is 15.0. The number of fused-ring (bicyclic) bond motifs is 21. The number of aromatic nitrogens is 7. The molecule has 0 radical (unpaired) electrons. The van der Waals surface area contributed by atoms with Crippen LogP contribution in [0.15, 0.2) is 528 Å². The van der Waals surface area contributed by atoms with Crippen molar-refractivity contribution in [3.8, 4) is 39.8 Å². The molecule has 0 aliphatic heterocycles. The first-order valence-corrected chi connectivity index (χ1v) is 51.5. The van der Waals surface area contributed by atoms with Gasteiger partial charge in [0, 0.05) is 115 Å². The molecule has 29 aromatic rings. The molecule has 7 heterocycles. The first-order chi connectivity index (χ1) is 72.8. The molecule has 0 atom stereocenters. The van der Waals surface area contributed by atoms with Gasteiger partial charge in [0.25, 0.3) is 0 Å². The Morgan fingerprint density at radius 1 is 0.109 bits per heavy atom. The van der Waals surface area contributed by atoms with Crippen molar-refractivity contribution < 1.29 is 0 Å². The second-order valence-electron chi connectivity index (χ2n) is 40.1. The first-order valence-electron chi connectivity index (χ1n) is 51.5. The third-order valence-corrected chi connectivity index (χ3v) is 31.1. The summed E-state index contributed by atoms with van der Waals surface area (Å²) in [5.41, 5.74) is 38.3. The van der Waals surface area contributed by atoms with E-state index in [1.54, 1.807) is 0 Å². The zero-order chi connectivity index (χ0) is 97.0. The molecular weight excluding hydrogens is 1780 g/mol. The lowest BCUT2D eigenvalue weighted by molar-refractivity contribution is 0.275. The van der Waals surface area contributed by atoms with Gasteiger partial charge in [-0.2, -0.15) is 0 Å². The normalized spacial score (nSPS) is 12.0. The van der Waals surface area contributed by atoms with E-state index in [0.29, 0.717) is 0 Å². The standard InChI is InChI=1S/C77H56N4.C63H45N3/c1-9-25-69-61(17-1)62-18-2-10-26-70(62)78(69)57-41-33-53(34-42-57)49-77(50-54-35-43-58(44-36-54)79-71-27-11-3-19-63(71)64-20-4-12-28-72(64)79,51-55-37-45-59(46-38-55)80-73-29-13-5-21-65(73)66-22-6-14-30-74(66)80)52-56-39-47-60(48-40-56)81-75-31-15-7-23-67(75)68-24-8-16-32-76(68)81;1-7-19-58-52(13-1)53-14-2-8-20-59(53)64(58)49-31-25-43(26-32-49)37-46-40-47(38-44-27-33-50(34-28-44)65-60-21-9-3-15-54(60)55-16-4-10-22-61(55)65)42-48(41-46)39-45-29-35-51(36-30-45)66-62-23-11-5-17-56(62)57-18-6-12-24-63(57)66/h1-48H,49-52H2;1-36,40-42H,37-39H2. The minimum Gasteiger partial charge on any atom is -0.309 e. The lowest BCUT2D eigenvalue weighted by atomic mass is 9.68. The van der Waals surface area contributed by atoms with Gasteiger partial charge >= 0.3 is 0 Å². The van der Waals surface area contributed by atoms with E-state index >= 15 is 0 Å². The van der Waals surface area contributed by atoms with Gasteiger partial charge in [0.2, 0.25) is 0 Å². The lowest BCUT2D eigenvalue weighted by Gasteiger charge is -2.36. The number of hydrogen-bond acceptors (Lipinski definition) is 0. The second-order valence-corrected chi connectivity index (χ2v) is 40.1. The Hall–Kier alpha value is -18.6. The van der Waals surface area contributed by atoms with Crippen LogP contribution >= 0.6 is 0 Å². The van der Waals surface area contributed by atoms with E-state index in [1.165, 1.54) is 248 Å². The summed E-state index contributed by atoms with van der Waals surface area (Å²) in [5.74, 6) is 0. The van der Waals surface area contributed by atoms with Gasteiger partial charge < -0.3 is 32.0 Å². The van der Waals surface area contributed by atoms with Crippen molar-refractivity contribution in [2.75, 3.05) is 0 Å². The van der Waals surface area contributed by atoms with Crippen LogP contribution in [0.3, 0.4) is 0 Å². The number of nitrogens with zero attached hydrogens (tertiary/aromatic N) is 7. The predicted octanol–water partition coefficient (Wildman–Crippen LogP) is 35.1. The fraction of sp³-hybridized carbons (Fsp3) is 0.0571. The molecule has 0 saturated heterocycles. The summed E-state index contributed by atoms with van der Waals surface area (Å²) in [6.07, 6.45) is 6.06. The fourth-order valence-electron chi connectivity index (χ4n) is 24.7. The molecule has 0 bridgehead atoms. The monoisotopic (exact) mass is 1880 g/mol. The van der Waals surface area contributed by atoms with Crippen molar-refractivity contribution >= 4 is 153 Å². The van der Waals surface area contributed by atoms with Crippen LogP contribution in [0.1, 0.15) is 55.6 Å². The molecule has 7 heteroatoms. The minimum absolute atomic E-state index is 0.245. The molecule has 7 nitrogen and oxygen atoms in total. The van der Waals surface area contributed by atoms with E-state index in [4.69, 9.17) is 0 Å². The molecule has 0 aliphatic carbocycles. The summed E-state index contributed by atoms with van der Waals surface area (Å²) in [5, 5.41) is 17.9. The highest BCUT2D eigenvalue weighted by molar-refractivity contribution is 6.15. The maximum Gasteiger partial charge on any atom is 0.0541 e. The molecule has 0 aliphatic rings. The number of rotatable bonds is 21. The van der Waals surface area contributed by atoms with E-state index in [9.17, 15) is 0 Å². The van der Waals surface area contributed by atoms with Crippen molar-refractivity contribution in [2.24, 2.45) is 5.41 Å². The minimum atomic E-state index is -0.245. The van der Waals surface area contributed by atoms with Crippen molar-refractivity contribution in [3.63, 3.8) is 0 Å². The maximum absolute atomic E-state index is 2.43. The smallest absolute Gasteiger partial charge is 0.0541 e. The average Bonchev–Trinajstić information content (AvgIpc) is 1.77. The van der Waals surface area contributed by atoms with E-state index in [1.807, 2.05) is 0 Å². The van der Waals surface area contributed by atoms with Crippen molar-refractivity contribution in [2.45, 2.75) is 44.9 Å². The summed E-state index contributed by atoms with van der Waals surface area (Å²) in [4.78, 5) is 0. The van der Waals surface area contributed by atoms with Gasteiger partial charge in [-0.25, -0.2) is 0 Å². The van der Waals surface area contributed by atoms with Gasteiger partial charge in [0.1, 0.15) is 0 Å². The molecular formula is C140H101N7. The van der Waals surface area contributed by atoms with Crippen LogP contribution in [0, 0.1) is 5.41 Å². The SMILES string of the molecule is c1ccc2c(c1)c1ccccc1n2-c1ccc(CC(Cc2ccc(-n3c4ccccc4c4ccccc43)cc2)(Cc2ccc(-n3c4ccccc4c4ccccc43)cc2)Cc2ccc(-n3c4ccccc4c4ccccc43)cc2)cc1.c1ccc2c(c1)c1ccccc1n2-c1ccc(Cc2cc(Cc3ccc(-n4c5ccccc5c5ccccc54)cc3)cc(Cc3ccc(-n4c5ccccc5c5ccccc54)cc3)c2)cc1. The van der Waals surface area contributed by atoms with Crippen molar-refractivity contribution in [1.29, 1.82) is 0 Å². The summed E-state index contributed by atoms with van der Waals surface area (Å²) in [6, 6.07) is 196. The molecule has 0 spiro atoms. The molecule has 147 heavy (non-hydrogen) atoms. The molecule has 7 aromatic heterocycles. The van der Waals surface area contributed by atoms with E-state index in [2.05, 4.69) is 560 Å². The fourth-order valence-corrected chi connectivity index (χ4v) is 24.7. The van der Waals surface area contributed by atoms with E-state index in [0.717, 1.165) is 44.9 Å². The first kappa shape index (κ1) is 86.3. The molecule has 0 saturated carbocycles. The van der Waals surface area contributed by atoms with Gasteiger partial charge in [-0.15, -0.1) is 0 Å². The van der Waals surface area contributed by atoms with Crippen LogP contribution in [0.5, 0.6) is 0 Å².